The Kier molecular flexibility index (Phi) is 3.30. The average Bonchev–Trinajstić information content (AvgIpc) is 2.92. The second-order valence-corrected chi connectivity index (χ2v) is 5.23. The predicted molar refractivity (Wildman–Crippen MR) is 77.4 cm³/mol. The van der Waals surface area contributed by atoms with Gasteiger partial charge in [0.1, 0.15) is 5.75 Å². The fraction of sp³-hybridized carbons (Fsp3) is 0.0769. The van der Waals surface area contributed by atoms with Gasteiger partial charge in [0.05, 0.1) is 4.92 Å². The van der Waals surface area contributed by atoms with E-state index in [-0.39, 0.29) is 16.7 Å². The molecule has 0 aliphatic carbocycles. The lowest BCUT2D eigenvalue weighted by Crippen LogP contribution is -1.93. The van der Waals surface area contributed by atoms with Gasteiger partial charge in [-0.2, -0.15) is 0 Å². The number of nitro benzene ring substituents is 1. The van der Waals surface area contributed by atoms with Crippen molar-refractivity contribution in [3.05, 3.63) is 50.5 Å². The van der Waals surface area contributed by atoms with Crippen LogP contribution in [0, 0.1) is 17.0 Å². The third-order valence-electron chi connectivity index (χ3n) is 2.92. The highest BCUT2D eigenvalue weighted by Crippen LogP contribution is 2.35. The molecule has 0 aliphatic rings. The van der Waals surface area contributed by atoms with Gasteiger partial charge in [-0.25, -0.2) is 4.63 Å². The Bertz CT molecular complexity index is 847. The van der Waals surface area contributed by atoms with Gasteiger partial charge in [0.2, 0.25) is 5.52 Å². The first-order valence-electron chi connectivity index (χ1n) is 5.90. The largest absolute Gasteiger partial charge is 0.455 e. The van der Waals surface area contributed by atoms with Crippen LogP contribution in [0.3, 0.4) is 0 Å². The van der Waals surface area contributed by atoms with Crippen molar-refractivity contribution >= 4 is 32.7 Å². The van der Waals surface area contributed by atoms with E-state index < -0.39 is 4.92 Å². The molecular weight excluding hydrogens is 342 g/mol. The molecule has 0 fully saturated rings. The summed E-state index contributed by atoms with van der Waals surface area (Å²) in [5.74, 6) is 0.959. The van der Waals surface area contributed by atoms with Crippen molar-refractivity contribution in [2.75, 3.05) is 0 Å². The summed E-state index contributed by atoms with van der Waals surface area (Å²) >= 11 is 3.37. The normalized spacial score (nSPS) is 10.8. The van der Waals surface area contributed by atoms with Crippen LogP contribution in [-0.2, 0) is 0 Å². The van der Waals surface area contributed by atoms with Crippen LogP contribution in [0.2, 0.25) is 0 Å². The molecule has 1 aromatic heterocycles. The number of benzene rings is 2. The molecule has 0 amide bonds. The molecule has 21 heavy (non-hydrogen) atoms. The van der Waals surface area contributed by atoms with Gasteiger partial charge in [-0.05, 0) is 41.0 Å². The Labute approximate surface area is 126 Å². The highest BCUT2D eigenvalue weighted by atomic mass is 79.9. The molecule has 0 spiro atoms. The van der Waals surface area contributed by atoms with E-state index in [1.54, 1.807) is 6.07 Å². The molecule has 7 nitrogen and oxygen atoms in total. The van der Waals surface area contributed by atoms with Crippen LogP contribution < -0.4 is 4.74 Å². The highest BCUT2D eigenvalue weighted by molar-refractivity contribution is 9.10. The quantitative estimate of drug-likeness (QED) is 0.524. The van der Waals surface area contributed by atoms with E-state index >= 15 is 0 Å². The number of aromatic nitrogens is 2. The minimum atomic E-state index is -0.541. The topological polar surface area (TPSA) is 91.3 Å². The molecule has 1 heterocycles. The number of aryl methyl sites for hydroxylation is 1. The number of nitro groups is 1. The second kappa shape index (κ2) is 5.13. The summed E-state index contributed by atoms with van der Waals surface area (Å²) in [5.41, 5.74) is 1.01. The van der Waals surface area contributed by atoms with Crippen LogP contribution in [0.4, 0.5) is 5.69 Å². The molecule has 0 unspecified atom stereocenters. The van der Waals surface area contributed by atoms with Gasteiger partial charge >= 0.3 is 5.69 Å². The van der Waals surface area contributed by atoms with E-state index in [0.29, 0.717) is 11.5 Å². The molecule has 0 atom stereocenters. The summed E-state index contributed by atoms with van der Waals surface area (Å²) in [7, 11) is 0. The van der Waals surface area contributed by atoms with E-state index in [0.717, 1.165) is 10.0 Å². The summed E-state index contributed by atoms with van der Waals surface area (Å²) in [6.45, 7) is 1.89. The molecule has 3 rings (SSSR count). The number of halogens is 1. The Hall–Kier alpha value is -2.48. The molecule has 0 saturated heterocycles. The minimum absolute atomic E-state index is 0.0603. The second-order valence-electron chi connectivity index (χ2n) is 4.31. The van der Waals surface area contributed by atoms with Crippen molar-refractivity contribution in [1.29, 1.82) is 0 Å². The molecule has 0 bridgehead atoms. The Balaban J connectivity index is 2.10. The molecule has 0 N–H and O–H groups in total. The van der Waals surface area contributed by atoms with Gasteiger partial charge in [-0.15, -0.1) is 0 Å². The van der Waals surface area contributed by atoms with Gasteiger partial charge in [-0.3, -0.25) is 10.1 Å². The maximum Gasteiger partial charge on any atom is 0.301 e. The van der Waals surface area contributed by atoms with Crippen molar-refractivity contribution in [2.45, 2.75) is 6.92 Å². The van der Waals surface area contributed by atoms with Gasteiger partial charge in [0.25, 0.3) is 0 Å². The molecular formula is C13H8BrN3O4. The summed E-state index contributed by atoms with van der Waals surface area (Å²) in [6, 6.07) is 8.38. The minimum Gasteiger partial charge on any atom is -0.455 e. The number of hydrogen-bond acceptors (Lipinski definition) is 6. The van der Waals surface area contributed by atoms with Crippen molar-refractivity contribution in [3.8, 4) is 11.5 Å². The van der Waals surface area contributed by atoms with Crippen molar-refractivity contribution in [2.24, 2.45) is 0 Å². The summed E-state index contributed by atoms with van der Waals surface area (Å²) in [4.78, 5) is 10.4. The predicted octanol–water partition coefficient (Wildman–Crippen LogP) is 3.99. The highest BCUT2D eigenvalue weighted by Gasteiger charge is 2.21. The molecule has 2 aromatic carbocycles. The molecule has 0 aliphatic heterocycles. The summed E-state index contributed by atoms with van der Waals surface area (Å²) in [5, 5.41) is 18.2. The van der Waals surface area contributed by atoms with Gasteiger partial charge in [0, 0.05) is 10.5 Å². The van der Waals surface area contributed by atoms with Gasteiger partial charge in [0.15, 0.2) is 11.3 Å². The Morgan fingerprint density at radius 3 is 2.71 bits per heavy atom. The first-order chi connectivity index (χ1) is 10.1. The zero-order valence-corrected chi connectivity index (χ0v) is 12.3. The monoisotopic (exact) mass is 349 g/mol. The number of rotatable bonds is 3. The third-order valence-corrected chi connectivity index (χ3v) is 3.42. The SMILES string of the molecule is Cc1ccc(Br)cc1Oc1ccc([N+](=O)[O-])c2nonc12. The summed E-state index contributed by atoms with van der Waals surface area (Å²) < 4.78 is 11.2. The van der Waals surface area contributed by atoms with E-state index in [1.165, 1.54) is 12.1 Å². The van der Waals surface area contributed by atoms with Gasteiger partial charge in [-0.1, -0.05) is 22.0 Å². The zero-order chi connectivity index (χ0) is 15.0. The van der Waals surface area contributed by atoms with E-state index in [9.17, 15) is 10.1 Å². The fourth-order valence-corrected chi connectivity index (χ4v) is 2.20. The molecule has 3 aromatic rings. The fourth-order valence-electron chi connectivity index (χ4n) is 1.86. The summed E-state index contributed by atoms with van der Waals surface area (Å²) in [6.07, 6.45) is 0. The maximum absolute atomic E-state index is 10.9. The molecule has 0 radical (unpaired) electrons. The number of non-ortho nitro benzene ring substituents is 1. The lowest BCUT2D eigenvalue weighted by Gasteiger charge is -2.09. The number of hydrogen-bond donors (Lipinski definition) is 0. The van der Waals surface area contributed by atoms with Crippen molar-refractivity contribution in [1.82, 2.24) is 10.3 Å². The van der Waals surface area contributed by atoms with Crippen LogP contribution in [-0.4, -0.2) is 15.2 Å². The number of fused-ring (bicyclic) bond motifs is 1. The van der Waals surface area contributed by atoms with E-state index in [2.05, 4.69) is 30.9 Å². The Morgan fingerprint density at radius 2 is 1.95 bits per heavy atom. The Morgan fingerprint density at radius 1 is 1.19 bits per heavy atom. The van der Waals surface area contributed by atoms with Crippen LogP contribution in [0.5, 0.6) is 11.5 Å². The smallest absolute Gasteiger partial charge is 0.301 e. The van der Waals surface area contributed by atoms with Crippen molar-refractivity contribution in [3.63, 3.8) is 0 Å². The third kappa shape index (κ3) is 2.45. The number of nitrogens with zero attached hydrogens (tertiary/aromatic N) is 3. The average molecular weight is 350 g/mol. The van der Waals surface area contributed by atoms with Crippen molar-refractivity contribution < 1.29 is 14.3 Å². The first kappa shape index (κ1) is 13.5. The zero-order valence-electron chi connectivity index (χ0n) is 10.7. The van der Waals surface area contributed by atoms with Crippen LogP contribution in [0.1, 0.15) is 5.56 Å². The van der Waals surface area contributed by atoms with Crippen LogP contribution >= 0.6 is 15.9 Å². The lowest BCUT2D eigenvalue weighted by molar-refractivity contribution is -0.383. The maximum atomic E-state index is 10.9. The van der Waals surface area contributed by atoms with Gasteiger partial charge < -0.3 is 4.74 Å². The molecule has 0 saturated carbocycles. The van der Waals surface area contributed by atoms with Crippen LogP contribution in [0.25, 0.3) is 11.0 Å². The first-order valence-corrected chi connectivity index (χ1v) is 6.69. The molecule has 8 heteroatoms. The van der Waals surface area contributed by atoms with E-state index in [4.69, 9.17) is 4.74 Å². The molecule has 106 valence electrons. The van der Waals surface area contributed by atoms with E-state index in [1.807, 2.05) is 19.1 Å². The lowest BCUT2D eigenvalue weighted by atomic mass is 10.2. The standard InChI is InChI=1S/C13H8BrN3O4/c1-7-2-3-8(14)6-11(7)20-10-5-4-9(17(18)19)12-13(10)16-21-15-12/h2-6H,1H3. The number of ether oxygens (including phenoxy) is 1. The van der Waals surface area contributed by atoms with Crippen LogP contribution in [0.15, 0.2) is 39.4 Å².